The molecule has 4 nitrogen and oxygen atoms in total. The van der Waals surface area contributed by atoms with Crippen LogP contribution in [0.25, 0.3) is 11.3 Å². The van der Waals surface area contributed by atoms with Gasteiger partial charge in [-0.1, -0.05) is 93.0 Å². The molecule has 6 heteroatoms. The number of nitrogens with zero attached hydrogens (tertiary/aromatic N) is 3. The van der Waals surface area contributed by atoms with Gasteiger partial charge in [0, 0.05) is 22.0 Å². The highest BCUT2D eigenvalue weighted by Gasteiger charge is 2.17. The molecular weight excluding hydrogens is 470 g/mol. The maximum atomic E-state index is 5.60. The standard InChI is InChI=1S/C25H22BrN3OS/c1-18-8-10-19(11-9-18)17-30-27-16-23-24(20-6-4-3-5-7-20)28-29(2)25(23)31-22-14-12-21(26)13-15-22/h3-16H,17H2,1-2H3/b27-16+. The number of benzene rings is 3. The fourth-order valence-corrected chi connectivity index (χ4v) is 4.26. The Morgan fingerprint density at radius 1 is 1.00 bits per heavy atom. The smallest absolute Gasteiger partial charge is 0.142 e. The van der Waals surface area contributed by atoms with Crippen LogP contribution in [-0.2, 0) is 18.5 Å². The van der Waals surface area contributed by atoms with Crippen molar-refractivity contribution in [3.8, 4) is 11.3 Å². The molecule has 4 aromatic rings. The highest BCUT2D eigenvalue weighted by Crippen LogP contribution is 2.35. The number of rotatable bonds is 7. The molecule has 0 unspecified atom stereocenters. The minimum absolute atomic E-state index is 0.424. The van der Waals surface area contributed by atoms with Gasteiger partial charge in [-0.2, -0.15) is 5.10 Å². The maximum absolute atomic E-state index is 5.60. The van der Waals surface area contributed by atoms with Crippen molar-refractivity contribution in [3.63, 3.8) is 0 Å². The highest BCUT2D eigenvalue weighted by molar-refractivity contribution is 9.10. The van der Waals surface area contributed by atoms with Crippen LogP contribution in [0.15, 0.2) is 98.4 Å². The number of aryl methyl sites for hydroxylation is 2. The Bertz CT molecular complexity index is 1170. The first-order chi connectivity index (χ1) is 15.1. The minimum Gasteiger partial charge on any atom is -0.391 e. The van der Waals surface area contributed by atoms with E-state index in [0.29, 0.717) is 6.61 Å². The number of hydrogen-bond acceptors (Lipinski definition) is 4. The van der Waals surface area contributed by atoms with Gasteiger partial charge in [0.25, 0.3) is 0 Å². The first-order valence-corrected chi connectivity index (χ1v) is 11.5. The van der Waals surface area contributed by atoms with Crippen LogP contribution in [0.5, 0.6) is 0 Å². The third kappa shape index (κ3) is 5.46. The summed E-state index contributed by atoms with van der Waals surface area (Å²) in [6.45, 7) is 2.49. The van der Waals surface area contributed by atoms with E-state index in [1.807, 2.05) is 42.1 Å². The zero-order chi connectivity index (χ0) is 21.6. The van der Waals surface area contributed by atoms with Crippen LogP contribution in [0, 0.1) is 6.92 Å². The average Bonchev–Trinajstić information content (AvgIpc) is 3.10. The number of hydrogen-bond donors (Lipinski definition) is 0. The van der Waals surface area contributed by atoms with Crippen LogP contribution < -0.4 is 0 Å². The zero-order valence-electron chi connectivity index (χ0n) is 17.3. The van der Waals surface area contributed by atoms with E-state index in [2.05, 4.69) is 76.5 Å². The van der Waals surface area contributed by atoms with Crippen LogP contribution in [0.3, 0.4) is 0 Å². The summed E-state index contributed by atoms with van der Waals surface area (Å²) in [7, 11) is 1.96. The Morgan fingerprint density at radius 3 is 2.42 bits per heavy atom. The van der Waals surface area contributed by atoms with Gasteiger partial charge in [0.15, 0.2) is 0 Å². The van der Waals surface area contributed by atoms with Gasteiger partial charge >= 0.3 is 0 Å². The summed E-state index contributed by atoms with van der Waals surface area (Å²) in [6, 6.07) is 26.6. The summed E-state index contributed by atoms with van der Waals surface area (Å²) in [5.41, 5.74) is 5.17. The molecule has 0 atom stereocenters. The summed E-state index contributed by atoms with van der Waals surface area (Å²) in [4.78, 5) is 6.73. The summed E-state index contributed by atoms with van der Waals surface area (Å²) < 4.78 is 2.95. The second kappa shape index (κ2) is 9.98. The molecule has 0 fully saturated rings. The monoisotopic (exact) mass is 491 g/mol. The molecule has 31 heavy (non-hydrogen) atoms. The lowest BCUT2D eigenvalue weighted by Gasteiger charge is -2.05. The molecule has 3 aromatic carbocycles. The predicted octanol–water partition coefficient (Wildman–Crippen LogP) is 6.86. The predicted molar refractivity (Wildman–Crippen MR) is 130 cm³/mol. The second-order valence-electron chi connectivity index (χ2n) is 7.11. The van der Waals surface area contributed by atoms with Gasteiger partial charge in [-0.25, -0.2) is 0 Å². The molecule has 156 valence electrons. The topological polar surface area (TPSA) is 39.4 Å². The van der Waals surface area contributed by atoms with Crippen molar-refractivity contribution < 1.29 is 4.84 Å². The number of aromatic nitrogens is 2. The molecule has 0 N–H and O–H groups in total. The lowest BCUT2D eigenvalue weighted by molar-refractivity contribution is 0.132. The van der Waals surface area contributed by atoms with Crippen LogP contribution in [-0.4, -0.2) is 16.0 Å². The van der Waals surface area contributed by atoms with E-state index in [1.165, 1.54) is 5.56 Å². The molecule has 0 aliphatic rings. The summed E-state index contributed by atoms with van der Waals surface area (Å²) in [5, 5.41) is 10.1. The summed E-state index contributed by atoms with van der Waals surface area (Å²) in [5.74, 6) is 0. The van der Waals surface area contributed by atoms with Crippen molar-refractivity contribution in [3.05, 3.63) is 100 Å². The third-order valence-corrected chi connectivity index (χ3v) is 6.43. The van der Waals surface area contributed by atoms with Crippen LogP contribution >= 0.6 is 27.7 Å². The lowest BCUT2D eigenvalue weighted by Crippen LogP contribution is -1.94. The Balaban J connectivity index is 1.62. The van der Waals surface area contributed by atoms with Gasteiger partial charge in [-0.05, 0) is 36.8 Å². The summed E-state index contributed by atoms with van der Waals surface area (Å²) >= 11 is 5.15. The zero-order valence-corrected chi connectivity index (χ0v) is 19.7. The van der Waals surface area contributed by atoms with E-state index in [-0.39, 0.29) is 0 Å². The van der Waals surface area contributed by atoms with Crippen molar-refractivity contribution in [1.29, 1.82) is 0 Å². The van der Waals surface area contributed by atoms with E-state index in [0.717, 1.165) is 36.8 Å². The van der Waals surface area contributed by atoms with Gasteiger partial charge in [-0.3, -0.25) is 4.68 Å². The van der Waals surface area contributed by atoms with Gasteiger partial charge in [-0.15, -0.1) is 0 Å². The fourth-order valence-electron chi connectivity index (χ4n) is 3.07. The van der Waals surface area contributed by atoms with Gasteiger partial charge in [0.2, 0.25) is 0 Å². The molecule has 0 saturated carbocycles. The Morgan fingerprint density at radius 2 is 1.71 bits per heavy atom. The molecule has 0 spiro atoms. The van der Waals surface area contributed by atoms with Crippen molar-refractivity contribution in [1.82, 2.24) is 9.78 Å². The molecule has 0 aliphatic carbocycles. The SMILES string of the molecule is Cc1ccc(CO/N=C/c2c(-c3ccccc3)nn(C)c2Sc2ccc(Br)cc2)cc1. The van der Waals surface area contributed by atoms with Gasteiger partial charge in [0.05, 0.1) is 11.8 Å². The molecule has 4 rings (SSSR count). The van der Waals surface area contributed by atoms with Crippen LogP contribution in [0.4, 0.5) is 0 Å². The maximum Gasteiger partial charge on any atom is 0.142 e. The number of oxime groups is 1. The third-order valence-electron chi connectivity index (χ3n) is 4.71. The fraction of sp³-hybridized carbons (Fsp3) is 0.120. The van der Waals surface area contributed by atoms with E-state index in [1.54, 1.807) is 18.0 Å². The molecular formula is C25H22BrN3OS. The van der Waals surface area contributed by atoms with E-state index < -0.39 is 0 Å². The molecule has 0 bridgehead atoms. The van der Waals surface area contributed by atoms with Crippen molar-refractivity contribution in [2.45, 2.75) is 23.5 Å². The van der Waals surface area contributed by atoms with E-state index in [4.69, 9.17) is 9.94 Å². The van der Waals surface area contributed by atoms with Gasteiger partial charge in [0.1, 0.15) is 17.3 Å². The second-order valence-corrected chi connectivity index (χ2v) is 9.08. The van der Waals surface area contributed by atoms with Crippen LogP contribution in [0.2, 0.25) is 0 Å². The molecule has 0 saturated heterocycles. The number of halogens is 1. The minimum atomic E-state index is 0.424. The Kier molecular flexibility index (Phi) is 6.89. The van der Waals surface area contributed by atoms with E-state index >= 15 is 0 Å². The normalized spacial score (nSPS) is 11.2. The van der Waals surface area contributed by atoms with Crippen LogP contribution in [0.1, 0.15) is 16.7 Å². The van der Waals surface area contributed by atoms with Crippen molar-refractivity contribution in [2.75, 3.05) is 0 Å². The highest BCUT2D eigenvalue weighted by atomic mass is 79.9. The largest absolute Gasteiger partial charge is 0.391 e. The van der Waals surface area contributed by atoms with Gasteiger partial charge < -0.3 is 4.84 Å². The molecule has 1 heterocycles. The molecule has 0 amide bonds. The lowest BCUT2D eigenvalue weighted by atomic mass is 10.1. The Hall–Kier alpha value is -2.83. The van der Waals surface area contributed by atoms with Crippen molar-refractivity contribution in [2.24, 2.45) is 12.2 Å². The molecule has 1 aromatic heterocycles. The average molecular weight is 492 g/mol. The first-order valence-electron chi connectivity index (χ1n) is 9.87. The molecule has 0 radical (unpaired) electrons. The summed E-state index contributed by atoms with van der Waals surface area (Å²) in [6.07, 6.45) is 1.77. The van der Waals surface area contributed by atoms with Crippen molar-refractivity contribution >= 4 is 33.9 Å². The van der Waals surface area contributed by atoms with E-state index in [9.17, 15) is 0 Å². The molecule has 0 aliphatic heterocycles. The Labute approximate surface area is 195 Å². The quantitative estimate of drug-likeness (QED) is 0.209. The first kappa shape index (κ1) is 21.4.